The predicted molar refractivity (Wildman–Crippen MR) is 197 cm³/mol. The molecule has 0 amide bonds. The Kier molecular flexibility index (Phi) is 13.2. The molecule has 0 heterocycles. The first-order valence-corrected chi connectivity index (χ1v) is 16.6. The van der Waals surface area contributed by atoms with Crippen LogP contribution < -0.4 is 9.47 Å². The number of carbonyl (C=O) groups is 1. The number of hydrogen-bond acceptors (Lipinski definition) is 4. The van der Waals surface area contributed by atoms with Crippen LogP contribution >= 0.6 is 0 Å². The molecule has 0 saturated heterocycles. The number of aliphatic hydroxyl groups excluding tert-OH is 1. The topological polar surface area (TPSA) is 76.0 Å². The first-order valence-electron chi connectivity index (χ1n) is 16.6. The molecular formula is C44H42O5. The van der Waals surface area contributed by atoms with Crippen molar-refractivity contribution in [3.05, 3.63) is 180 Å². The van der Waals surface area contributed by atoms with Crippen molar-refractivity contribution in [3.63, 3.8) is 0 Å². The van der Waals surface area contributed by atoms with Gasteiger partial charge in [0.25, 0.3) is 0 Å². The summed E-state index contributed by atoms with van der Waals surface area (Å²) in [5.41, 5.74) is 9.00. The first-order chi connectivity index (χ1) is 24.1. The van der Waals surface area contributed by atoms with E-state index in [1.165, 1.54) is 11.1 Å². The summed E-state index contributed by atoms with van der Waals surface area (Å²) in [6.45, 7) is 1.33. The molecule has 49 heavy (non-hydrogen) atoms. The van der Waals surface area contributed by atoms with Crippen LogP contribution in [0.3, 0.4) is 0 Å². The average Bonchev–Trinajstić information content (AvgIpc) is 3.16. The van der Waals surface area contributed by atoms with Crippen LogP contribution in [0.25, 0.3) is 22.3 Å². The van der Waals surface area contributed by atoms with Gasteiger partial charge in [-0.25, -0.2) is 0 Å². The minimum Gasteiger partial charge on any atom is -0.489 e. The predicted octanol–water partition coefficient (Wildman–Crippen LogP) is 9.81. The number of carboxylic acids is 1. The molecule has 5 heteroatoms. The lowest BCUT2D eigenvalue weighted by atomic mass is 10.0. The highest BCUT2D eigenvalue weighted by atomic mass is 16.5. The Morgan fingerprint density at radius 2 is 0.878 bits per heavy atom. The third-order valence-electron chi connectivity index (χ3n) is 7.94. The summed E-state index contributed by atoms with van der Waals surface area (Å²) in [5, 5.41) is 17.8. The number of hydrogen-bond donors (Lipinski definition) is 2. The van der Waals surface area contributed by atoms with Crippen LogP contribution in [-0.2, 0) is 30.8 Å². The summed E-state index contributed by atoms with van der Waals surface area (Å²) in [7, 11) is 0. The summed E-state index contributed by atoms with van der Waals surface area (Å²) in [4.78, 5) is 10.7. The maximum absolute atomic E-state index is 10.7. The van der Waals surface area contributed by atoms with Gasteiger partial charge in [-0.15, -0.1) is 0 Å². The van der Waals surface area contributed by atoms with Gasteiger partial charge in [-0.2, -0.15) is 0 Å². The van der Waals surface area contributed by atoms with Gasteiger partial charge >= 0.3 is 5.97 Å². The van der Waals surface area contributed by atoms with Gasteiger partial charge in [0.2, 0.25) is 0 Å². The molecule has 0 aromatic heterocycles. The Bertz CT molecular complexity index is 1890. The summed E-state index contributed by atoms with van der Waals surface area (Å²) in [6.07, 6.45) is 2.37. The van der Waals surface area contributed by atoms with Gasteiger partial charge in [0.1, 0.15) is 24.7 Å². The number of ether oxygens (including phenoxy) is 2. The second-order valence-electron chi connectivity index (χ2n) is 11.7. The minimum absolute atomic E-state index is 0.143. The van der Waals surface area contributed by atoms with Crippen LogP contribution in [0.1, 0.15) is 35.1 Å². The Morgan fingerprint density at radius 1 is 0.469 bits per heavy atom. The Labute approximate surface area is 289 Å². The fraction of sp³-hybridized carbons (Fsp3) is 0.159. The second kappa shape index (κ2) is 18.6. The molecule has 5 nitrogen and oxygen atoms in total. The average molecular weight is 651 g/mol. The highest BCUT2D eigenvalue weighted by Gasteiger charge is 2.05. The highest BCUT2D eigenvalue weighted by molar-refractivity contribution is 5.68. The van der Waals surface area contributed by atoms with Crippen LogP contribution in [0.5, 0.6) is 11.5 Å². The number of rotatable bonds is 14. The van der Waals surface area contributed by atoms with Gasteiger partial charge < -0.3 is 19.7 Å². The highest BCUT2D eigenvalue weighted by Crippen LogP contribution is 2.27. The second-order valence-corrected chi connectivity index (χ2v) is 11.7. The molecule has 2 N–H and O–H groups in total. The first kappa shape index (κ1) is 34.7. The van der Waals surface area contributed by atoms with Crippen molar-refractivity contribution in [1.29, 1.82) is 0 Å². The van der Waals surface area contributed by atoms with E-state index in [2.05, 4.69) is 48.5 Å². The third-order valence-corrected chi connectivity index (χ3v) is 7.94. The molecule has 0 fully saturated rings. The van der Waals surface area contributed by atoms with Crippen molar-refractivity contribution >= 4 is 5.97 Å². The van der Waals surface area contributed by atoms with Gasteiger partial charge in [-0.1, -0.05) is 133 Å². The molecule has 0 saturated carbocycles. The van der Waals surface area contributed by atoms with E-state index in [1.807, 2.05) is 109 Å². The maximum atomic E-state index is 10.7. The molecule has 0 aliphatic carbocycles. The molecule has 0 unspecified atom stereocenters. The van der Waals surface area contributed by atoms with Crippen molar-refractivity contribution < 1.29 is 24.5 Å². The van der Waals surface area contributed by atoms with Gasteiger partial charge in [0.05, 0.1) is 0 Å². The Hall–Kier alpha value is -5.65. The number of carboxylic acid groups (broad SMARTS) is 1. The molecule has 0 atom stereocenters. The van der Waals surface area contributed by atoms with E-state index < -0.39 is 5.97 Å². The molecule has 6 aromatic rings. The van der Waals surface area contributed by atoms with E-state index in [4.69, 9.17) is 19.7 Å². The fourth-order valence-electron chi connectivity index (χ4n) is 5.36. The van der Waals surface area contributed by atoms with Crippen molar-refractivity contribution in [1.82, 2.24) is 0 Å². The fourth-order valence-corrected chi connectivity index (χ4v) is 5.36. The van der Waals surface area contributed by atoms with Gasteiger partial charge in [-0.3, -0.25) is 4.79 Å². The van der Waals surface area contributed by atoms with Gasteiger partial charge in [-0.05, 0) is 88.0 Å². The number of aliphatic hydroxyl groups is 1. The zero-order valence-corrected chi connectivity index (χ0v) is 27.6. The molecular weight excluding hydrogens is 608 g/mol. The number of benzene rings is 6. The largest absolute Gasteiger partial charge is 0.489 e. The summed E-state index contributed by atoms with van der Waals surface area (Å²) < 4.78 is 11.8. The zero-order chi connectivity index (χ0) is 34.1. The molecule has 6 rings (SSSR count). The van der Waals surface area contributed by atoms with Crippen LogP contribution in [0.4, 0.5) is 0 Å². The monoisotopic (exact) mass is 650 g/mol. The Balaban J connectivity index is 0.000000191. The maximum Gasteiger partial charge on any atom is 0.303 e. The zero-order valence-electron chi connectivity index (χ0n) is 27.6. The molecule has 0 aliphatic rings. The van der Waals surface area contributed by atoms with Crippen molar-refractivity contribution in [2.75, 3.05) is 6.61 Å². The van der Waals surface area contributed by atoms with Crippen molar-refractivity contribution in [2.24, 2.45) is 0 Å². The van der Waals surface area contributed by atoms with Crippen LogP contribution in [-0.4, -0.2) is 22.8 Å². The summed E-state index contributed by atoms with van der Waals surface area (Å²) >= 11 is 0. The number of aryl methyl sites for hydroxylation is 2. The lowest BCUT2D eigenvalue weighted by Gasteiger charge is -2.09. The summed E-state index contributed by atoms with van der Waals surface area (Å²) in [6, 6.07) is 52.8. The molecule has 248 valence electrons. The SMILES string of the molecule is O=C(O)CCc1cccc(-c2cccc(OCc3ccccc3)c2)c1.OCCCc1cccc(-c2cccc(OCc3ccccc3)c2)c1. The van der Waals surface area contributed by atoms with Crippen molar-refractivity contribution in [2.45, 2.75) is 38.9 Å². The van der Waals surface area contributed by atoms with Crippen molar-refractivity contribution in [3.8, 4) is 33.8 Å². The van der Waals surface area contributed by atoms with Gasteiger partial charge in [0, 0.05) is 13.0 Å². The van der Waals surface area contributed by atoms with Gasteiger partial charge in [0.15, 0.2) is 0 Å². The van der Waals surface area contributed by atoms with Crippen LogP contribution in [0, 0.1) is 0 Å². The van der Waals surface area contributed by atoms with Crippen LogP contribution in [0.15, 0.2) is 158 Å². The van der Waals surface area contributed by atoms with E-state index in [0.29, 0.717) is 19.6 Å². The lowest BCUT2D eigenvalue weighted by molar-refractivity contribution is -0.136. The standard InChI is InChI=1S/C22H20O3.C22H22O2/c23-22(24)13-12-17-8-4-9-19(14-17)20-10-5-11-21(15-20)25-16-18-6-2-1-3-7-18;23-14-6-10-18-9-4-11-20(15-18)21-12-5-13-22(16-21)24-17-19-7-2-1-3-8-19/h1-11,14-15H,12-13,16H2,(H,23,24);1-5,7-9,11-13,15-16,23H,6,10,14,17H2. The van der Waals surface area contributed by atoms with E-state index >= 15 is 0 Å². The van der Waals surface area contributed by atoms with E-state index in [1.54, 1.807) is 0 Å². The minimum atomic E-state index is -0.776. The molecule has 0 radical (unpaired) electrons. The lowest BCUT2D eigenvalue weighted by Crippen LogP contribution is -1.97. The third kappa shape index (κ3) is 11.5. The number of aliphatic carboxylic acids is 1. The van der Waals surface area contributed by atoms with E-state index in [-0.39, 0.29) is 13.0 Å². The molecule has 0 spiro atoms. The molecule has 0 aliphatic heterocycles. The van der Waals surface area contributed by atoms with E-state index in [9.17, 15) is 4.79 Å². The quantitative estimate of drug-likeness (QED) is 0.123. The molecule has 0 bridgehead atoms. The Morgan fingerprint density at radius 3 is 1.33 bits per heavy atom. The van der Waals surface area contributed by atoms with E-state index in [0.717, 1.165) is 57.7 Å². The smallest absolute Gasteiger partial charge is 0.303 e. The van der Waals surface area contributed by atoms with Crippen LogP contribution in [0.2, 0.25) is 0 Å². The normalized spacial score (nSPS) is 10.5. The summed E-state index contributed by atoms with van der Waals surface area (Å²) in [5.74, 6) is 0.913. The molecule has 6 aromatic carbocycles.